The first-order chi connectivity index (χ1) is 20.2. The van der Waals surface area contributed by atoms with Gasteiger partial charge in [-0.1, -0.05) is 42.5 Å². The van der Waals surface area contributed by atoms with Crippen LogP contribution in [0.1, 0.15) is 34.7 Å². The Bertz CT molecular complexity index is 1920. The molecule has 1 fully saturated rings. The van der Waals surface area contributed by atoms with E-state index >= 15 is 0 Å². The molecule has 8 nitrogen and oxygen atoms in total. The second kappa shape index (κ2) is 10.8. The minimum absolute atomic E-state index is 0.256. The summed E-state index contributed by atoms with van der Waals surface area (Å²) in [5, 5.41) is 6.36. The van der Waals surface area contributed by atoms with Gasteiger partial charge >= 0.3 is 0 Å². The van der Waals surface area contributed by atoms with Crippen LogP contribution in [0.3, 0.4) is 0 Å². The molecule has 214 valence electrons. The summed E-state index contributed by atoms with van der Waals surface area (Å²) < 4.78 is 34.7. The monoisotopic (exact) mass is 597 g/mol. The maximum absolute atomic E-state index is 12.2. The lowest BCUT2D eigenvalue weighted by molar-refractivity contribution is 0.417. The lowest BCUT2D eigenvalue weighted by atomic mass is 9.96. The Morgan fingerprint density at radius 2 is 1.74 bits per heavy atom. The van der Waals surface area contributed by atoms with E-state index in [1.54, 1.807) is 18.3 Å². The lowest BCUT2D eigenvalue weighted by Gasteiger charge is -2.29. The smallest absolute Gasteiger partial charge is 0.229 e. The number of ether oxygens (including phenoxy) is 1. The molecule has 0 bridgehead atoms. The second-order valence-electron chi connectivity index (χ2n) is 10.4. The van der Waals surface area contributed by atoms with Gasteiger partial charge in [-0.2, -0.15) is 0 Å². The topological polar surface area (TPSA) is 88.5 Å². The van der Waals surface area contributed by atoms with Gasteiger partial charge in [0.15, 0.2) is 5.11 Å². The third kappa shape index (κ3) is 4.97. The first-order valence-corrected chi connectivity index (χ1v) is 15.8. The maximum atomic E-state index is 12.2. The molecule has 5 aromatic rings. The van der Waals surface area contributed by atoms with Crippen LogP contribution < -0.4 is 19.7 Å². The lowest BCUT2D eigenvalue weighted by Crippen LogP contribution is -2.29. The number of anilines is 2. The van der Waals surface area contributed by atoms with Crippen LogP contribution in [0, 0.1) is 13.8 Å². The molecule has 0 saturated carbocycles. The number of methoxy groups -OCH3 is 1. The van der Waals surface area contributed by atoms with Crippen molar-refractivity contribution in [3.63, 3.8) is 0 Å². The third-order valence-corrected chi connectivity index (χ3v) is 8.56. The minimum Gasteiger partial charge on any atom is -0.495 e. The highest BCUT2D eigenvalue weighted by Crippen LogP contribution is 2.45. The van der Waals surface area contributed by atoms with E-state index in [9.17, 15) is 8.42 Å². The molecule has 1 aliphatic heterocycles. The summed E-state index contributed by atoms with van der Waals surface area (Å²) >= 11 is 5.94. The molecule has 0 radical (unpaired) electrons. The molecule has 0 aliphatic carbocycles. The molecular weight excluding hydrogens is 567 g/mol. The van der Waals surface area contributed by atoms with Gasteiger partial charge in [-0.05, 0) is 79.5 Å². The third-order valence-electron chi connectivity index (χ3n) is 7.65. The average molecular weight is 598 g/mol. The number of hydrogen-bond donors (Lipinski definition) is 2. The van der Waals surface area contributed by atoms with Gasteiger partial charge in [0.25, 0.3) is 0 Å². The van der Waals surface area contributed by atoms with Crippen LogP contribution in [-0.2, 0) is 10.0 Å². The van der Waals surface area contributed by atoms with Gasteiger partial charge in [0.2, 0.25) is 10.0 Å². The Morgan fingerprint density at radius 1 is 0.976 bits per heavy atom. The van der Waals surface area contributed by atoms with Crippen LogP contribution >= 0.6 is 12.2 Å². The summed E-state index contributed by atoms with van der Waals surface area (Å²) in [5.74, 6) is 0.411. The second-order valence-corrected chi connectivity index (χ2v) is 12.6. The van der Waals surface area contributed by atoms with Gasteiger partial charge in [-0.15, -0.1) is 0 Å². The van der Waals surface area contributed by atoms with Crippen LogP contribution in [0.2, 0.25) is 0 Å². The van der Waals surface area contributed by atoms with Crippen LogP contribution in [0.15, 0.2) is 91.1 Å². The molecule has 1 saturated heterocycles. The Kier molecular flexibility index (Phi) is 7.12. The molecule has 0 spiro atoms. The number of pyridine rings is 1. The average Bonchev–Trinajstić information content (AvgIpc) is 3.47. The number of benzene rings is 3. The normalized spacial score (nSPS) is 17.0. The fraction of sp³-hybridized carbons (Fsp3) is 0.188. The number of fused-ring (bicyclic) bond motifs is 1. The summed E-state index contributed by atoms with van der Waals surface area (Å²) in [6.45, 7) is 4.24. The molecule has 3 aromatic carbocycles. The molecule has 2 aromatic heterocycles. The highest BCUT2D eigenvalue weighted by Gasteiger charge is 2.42. The highest BCUT2D eigenvalue weighted by molar-refractivity contribution is 7.92. The van der Waals surface area contributed by atoms with Crippen molar-refractivity contribution >= 4 is 49.5 Å². The summed E-state index contributed by atoms with van der Waals surface area (Å²) in [6.07, 6.45) is 2.89. The van der Waals surface area contributed by atoms with Crippen LogP contribution in [0.4, 0.5) is 11.4 Å². The molecule has 0 amide bonds. The summed E-state index contributed by atoms with van der Waals surface area (Å²) in [4.78, 5) is 6.72. The molecule has 1 aliphatic rings. The van der Waals surface area contributed by atoms with Gasteiger partial charge in [0.05, 0.1) is 42.5 Å². The summed E-state index contributed by atoms with van der Waals surface area (Å²) in [6, 6.07) is 27.6. The first kappa shape index (κ1) is 27.7. The number of nitrogens with zero attached hydrogens (tertiary/aromatic N) is 3. The van der Waals surface area contributed by atoms with Gasteiger partial charge in [-0.25, -0.2) is 8.42 Å². The van der Waals surface area contributed by atoms with E-state index in [0.29, 0.717) is 16.5 Å². The zero-order chi connectivity index (χ0) is 29.6. The summed E-state index contributed by atoms with van der Waals surface area (Å²) in [5.41, 5.74) is 6.26. The van der Waals surface area contributed by atoms with E-state index in [1.165, 1.54) is 12.5 Å². The highest BCUT2D eigenvalue weighted by atomic mass is 32.2. The SMILES string of the molecule is COc1ccc(N2C(=S)N[C@H](c3ccccn3)[C@@H]2c2cc(C)n(-c3cccc4ccccc34)c2C)cc1NS(C)(=O)=O. The van der Waals surface area contributed by atoms with E-state index in [2.05, 4.69) is 82.0 Å². The van der Waals surface area contributed by atoms with Crippen molar-refractivity contribution in [1.82, 2.24) is 14.9 Å². The van der Waals surface area contributed by atoms with Crippen molar-refractivity contribution in [3.8, 4) is 11.4 Å². The Hall–Kier alpha value is -4.41. The van der Waals surface area contributed by atoms with E-state index in [-0.39, 0.29) is 12.1 Å². The predicted octanol–water partition coefficient (Wildman–Crippen LogP) is 6.20. The van der Waals surface area contributed by atoms with Crippen molar-refractivity contribution in [3.05, 3.63) is 114 Å². The molecule has 3 heterocycles. The standard InChI is InChI=1S/C32H31N5O3S2/c1-20-18-25(21(2)36(20)28-14-9-11-22-10-5-6-12-24(22)28)31-30(26-13-7-8-17-33-26)34-32(41)37(31)23-15-16-29(40-3)27(19-23)35-42(4,38)39/h5-19,30-31,35H,1-4H3,(H,34,41)/t30-,31+/m1/s1. The van der Waals surface area contributed by atoms with Crippen LogP contribution in [-0.4, -0.2) is 36.4 Å². The Labute approximate surface area is 251 Å². The largest absolute Gasteiger partial charge is 0.495 e. The number of hydrogen-bond acceptors (Lipinski definition) is 5. The molecule has 2 atom stereocenters. The van der Waals surface area contributed by atoms with Crippen LogP contribution in [0.5, 0.6) is 5.75 Å². The van der Waals surface area contributed by atoms with E-state index in [0.717, 1.165) is 45.7 Å². The number of sulfonamides is 1. The molecule has 6 rings (SSSR count). The van der Waals surface area contributed by atoms with Gasteiger partial charge in [0, 0.05) is 28.7 Å². The quantitative estimate of drug-likeness (QED) is 0.216. The maximum Gasteiger partial charge on any atom is 0.229 e. The number of rotatable bonds is 7. The molecular formula is C32H31N5O3S2. The van der Waals surface area contributed by atoms with E-state index in [1.807, 2.05) is 29.2 Å². The number of thiocarbonyl (C=S) groups is 1. The zero-order valence-corrected chi connectivity index (χ0v) is 25.3. The van der Waals surface area contributed by atoms with Crippen molar-refractivity contribution in [2.45, 2.75) is 25.9 Å². The van der Waals surface area contributed by atoms with E-state index in [4.69, 9.17) is 17.0 Å². The van der Waals surface area contributed by atoms with Crippen LogP contribution in [0.25, 0.3) is 16.5 Å². The van der Waals surface area contributed by atoms with Gasteiger partial charge < -0.3 is 19.5 Å². The molecule has 2 N–H and O–H groups in total. The Morgan fingerprint density at radius 3 is 2.48 bits per heavy atom. The minimum atomic E-state index is -3.55. The number of aromatic nitrogens is 2. The number of nitrogens with one attached hydrogen (secondary N) is 2. The first-order valence-electron chi connectivity index (χ1n) is 13.5. The zero-order valence-electron chi connectivity index (χ0n) is 23.7. The number of aryl methyl sites for hydroxylation is 1. The molecule has 0 unspecified atom stereocenters. The molecule has 10 heteroatoms. The van der Waals surface area contributed by atoms with Crippen molar-refractivity contribution in [2.75, 3.05) is 23.0 Å². The summed E-state index contributed by atoms with van der Waals surface area (Å²) in [7, 11) is -2.04. The fourth-order valence-electron chi connectivity index (χ4n) is 5.94. The Balaban J connectivity index is 1.54. The van der Waals surface area contributed by atoms with Crippen molar-refractivity contribution in [2.24, 2.45) is 0 Å². The predicted molar refractivity (Wildman–Crippen MR) is 172 cm³/mol. The van der Waals surface area contributed by atoms with Gasteiger partial charge in [-0.3, -0.25) is 9.71 Å². The van der Waals surface area contributed by atoms with E-state index < -0.39 is 10.0 Å². The fourth-order valence-corrected chi connectivity index (χ4v) is 6.84. The van der Waals surface area contributed by atoms with Gasteiger partial charge in [0.1, 0.15) is 5.75 Å². The van der Waals surface area contributed by atoms with Crippen molar-refractivity contribution in [1.29, 1.82) is 0 Å². The van der Waals surface area contributed by atoms with Crippen molar-refractivity contribution < 1.29 is 13.2 Å². The molecule has 42 heavy (non-hydrogen) atoms.